The van der Waals surface area contributed by atoms with E-state index in [-0.39, 0.29) is 0 Å². The van der Waals surface area contributed by atoms with Crippen LogP contribution in [0.3, 0.4) is 0 Å². The Bertz CT molecular complexity index is 454. The van der Waals surface area contributed by atoms with E-state index >= 15 is 0 Å². The maximum absolute atomic E-state index is 11.2. The van der Waals surface area contributed by atoms with E-state index in [1.807, 2.05) is 30.5 Å². The Morgan fingerprint density at radius 1 is 1.56 bits per heavy atom. The molecule has 1 aromatic heterocycles. The molecule has 1 aromatic rings. The van der Waals surface area contributed by atoms with Crippen molar-refractivity contribution >= 4 is 21.9 Å². The van der Waals surface area contributed by atoms with Crippen molar-refractivity contribution < 1.29 is 9.90 Å². The SMILES string of the molecule is CCn1nc(C)c(Br)c1CN(C)C(C)(C)C(=O)O. The van der Waals surface area contributed by atoms with Crippen molar-refractivity contribution in [3.05, 3.63) is 15.9 Å². The van der Waals surface area contributed by atoms with Crippen LogP contribution in [0.25, 0.3) is 0 Å². The number of hydrogen-bond acceptors (Lipinski definition) is 3. The molecule has 1 N–H and O–H groups in total. The van der Waals surface area contributed by atoms with Gasteiger partial charge in [0.1, 0.15) is 5.54 Å². The Morgan fingerprint density at radius 2 is 2.11 bits per heavy atom. The molecule has 0 amide bonds. The standard InChI is InChI=1S/C12H20BrN3O2/c1-6-16-9(10(13)8(2)14-16)7-15(5)12(3,4)11(17)18/h6-7H2,1-5H3,(H,17,18). The maximum atomic E-state index is 11.2. The highest BCUT2D eigenvalue weighted by molar-refractivity contribution is 9.10. The monoisotopic (exact) mass is 317 g/mol. The zero-order valence-corrected chi connectivity index (χ0v) is 13.1. The first kappa shape index (κ1) is 15.2. The highest BCUT2D eigenvalue weighted by Crippen LogP contribution is 2.24. The third kappa shape index (κ3) is 2.75. The highest BCUT2D eigenvalue weighted by Gasteiger charge is 2.33. The van der Waals surface area contributed by atoms with Crippen LogP contribution in [-0.2, 0) is 17.9 Å². The Hall–Kier alpha value is -0.880. The number of halogens is 1. The molecule has 0 aliphatic carbocycles. The summed E-state index contributed by atoms with van der Waals surface area (Å²) in [6, 6.07) is 0. The van der Waals surface area contributed by atoms with E-state index in [2.05, 4.69) is 21.0 Å². The number of carboxylic acid groups (broad SMARTS) is 1. The molecule has 1 rings (SSSR count). The van der Waals surface area contributed by atoms with Gasteiger partial charge in [0.2, 0.25) is 0 Å². The van der Waals surface area contributed by atoms with E-state index in [1.165, 1.54) is 0 Å². The predicted molar refractivity (Wildman–Crippen MR) is 73.5 cm³/mol. The number of nitrogens with zero attached hydrogens (tertiary/aromatic N) is 3. The second-order valence-corrected chi connectivity index (χ2v) is 5.68. The summed E-state index contributed by atoms with van der Waals surface area (Å²) in [5, 5.41) is 13.6. The van der Waals surface area contributed by atoms with Crippen LogP contribution in [0.1, 0.15) is 32.2 Å². The molecule has 0 aliphatic rings. The molecule has 102 valence electrons. The summed E-state index contributed by atoms with van der Waals surface area (Å²) in [7, 11) is 1.81. The number of aromatic nitrogens is 2. The summed E-state index contributed by atoms with van der Waals surface area (Å²) in [4.78, 5) is 13.0. The van der Waals surface area contributed by atoms with E-state index in [1.54, 1.807) is 13.8 Å². The van der Waals surface area contributed by atoms with Crippen molar-refractivity contribution in [2.45, 2.75) is 46.3 Å². The zero-order valence-electron chi connectivity index (χ0n) is 11.5. The van der Waals surface area contributed by atoms with Crippen LogP contribution in [0, 0.1) is 6.92 Å². The summed E-state index contributed by atoms with van der Waals surface area (Å²) in [5.41, 5.74) is 1.02. The first-order valence-corrected chi connectivity index (χ1v) is 6.67. The van der Waals surface area contributed by atoms with Gasteiger partial charge in [-0.25, -0.2) is 0 Å². The molecule has 0 saturated carbocycles. The van der Waals surface area contributed by atoms with Crippen molar-refractivity contribution in [2.75, 3.05) is 7.05 Å². The van der Waals surface area contributed by atoms with Crippen molar-refractivity contribution in [3.63, 3.8) is 0 Å². The van der Waals surface area contributed by atoms with Gasteiger partial charge >= 0.3 is 5.97 Å². The summed E-state index contributed by atoms with van der Waals surface area (Å²) in [6.07, 6.45) is 0. The van der Waals surface area contributed by atoms with E-state index in [0.29, 0.717) is 6.54 Å². The molecule has 0 bridgehead atoms. The third-order valence-corrected chi connectivity index (χ3v) is 4.35. The normalized spacial score (nSPS) is 12.2. The minimum Gasteiger partial charge on any atom is -0.480 e. The Labute approximate surface area is 116 Å². The van der Waals surface area contributed by atoms with Gasteiger partial charge in [-0.3, -0.25) is 14.4 Å². The van der Waals surface area contributed by atoms with Crippen molar-refractivity contribution in [1.82, 2.24) is 14.7 Å². The van der Waals surface area contributed by atoms with Crippen LogP contribution in [0.15, 0.2) is 4.47 Å². The largest absolute Gasteiger partial charge is 0.480 e. The summed E-state index contributed by atoms with van der Waals surface area (Å²) in [6.45, 7) is 8.65. The number of likely N-dealkylation sites (N-methyl/N-ethyl adjacent to an activating group) is 1. The smallest absolute Gasteiger partial charge is 0.323 e. The lowest BCUT2D eigenvalue weighted by Gasteiger charge is -2.31. The number of aliphatic carboxylic acids is 1. The van der Waals surface area contributed by atoms with Crippen LogP contribution in [-0.4, -0.2) is 38.3 Å². The molecule has 0 aliphatic heterocycles. The molecule has 0 spiro atoms. The number of aryl methyl sites for hydroxylation is 2. The summed E-state index contributed by atoms with van der Waals surface area (Å²) in [5.74, 6) is -0.833. The number of carbonyl (C=O) groups is 1. The van der Waals surface area contributed by atoms with E-state index in [0.717, 1.165) is 22.4 Å². The maximum Gasteiger partial charge on any atom is 0.323 e. The van der Waals surface area contributed by atoms with E-state index < -0.39 is 11.5 Å². The fourth-order valence-corrected chi connectivity index (χ4v) is 2.01. The molecule has 18 heavy (non-hydrogen) atoms. The van der Waals surface area contributed by atoms with Gasteiger partial charge in [0, 0.05) is 13.1 Å². The van der Waals surface area contributed by atoms with Crippen LogP contribution in [0.5, 0.6) is 0 Å². The molecule has 0 saturated heterocycles. The Kier molecular flexibility index (Phi) is 4.55. The second kappa shape index (κ2) is 5.40. The molecule has 0 radical (unpaired) electrons. The van der Waals surface area contributed by atoms with Crippen molar-refractivity contribution in [3.8, 4) is 0 Å². The zero-order chi connectivity index (χ0) is 14.1. The third-order valence-electron chi connectivity index (χ3n) is 3.32. The summed E-state index contributed by atoms with van der Waals surface area (Å²) >= 11 is 3.52. The topological polar surface area (TPSA) is 58.4 Å². The number of carboxylic acids is 1. The van der Waals surface area contributed by atoms with Gasteiger partial charge in [-0.15, -0.1) is 0 Å². The summed E-state index contributed by atoms with van der Waals surface area (Å²) < 4.78 is 2.85. The molecule has 0 fully saturated rings. The molecule has 5 nitrogen and oxygen atoms in total. The lowest BCUT2D eigenvalue weighted by atomic mass is 10.0. The van der Waals surface area contributed by atoms with Gasteiger partial charge < -0.3 is 5.11 Å². The minimum absolute atomic E-state index is 0.536. The average molecular weight is 318 g/mol. The van der Waals surface area contributed by atoms with Crippen LogP contribution in [0.4, 0.5) is 0 Å². The van der Waals surface area contributed by atoms with Crippen molar-refractivity contribution in [2.24, 2.45) is 0 Å². The van der Waals surface area contributed by atoms with Gasteiger partial charge in [-0.2, -0.15) is 5.10 Å². The van der Waals surface area contributed by atoms with Gasteiger partial charge in [-0.05, 0) is 50.7 Å². The Balaban J connectivity index is 3.01. The predicted octanol–water partition coefficient (Wildman–Crippen LogP) is 2.27. The molecule has 0 unspecified atom stereocenters. The second-order valence-electron chi connectivity index (χ2n) is 4.88. The first-order valence-electron chi connectivity index (χ1n) is 5.88. The molecule has 1 heterocycles. The van der Waals surface area contributed by atoms with E-state index in [9.17, 15) is 9.90 Å². The number of rotatable bonds is 5. The average Bonchev–Trinajstić information content (AvgIpc) is 2.56. The molecular formula is C12H20BrN3O2. The quantitative estimate of drug-likeness (QED) is 0.905. The Morgan fingerprint density at radius 3 is 2.56 bits per heavy atom. The molecule has 6 heteroatoms. The molecule has 0 aromatic carbocycles. The molecular weight excluding hydrogens is 298 g/mol. The van der Waals surface area contributed by atoms with Gasteiger partial charge in [0.05, 0.1) is 15.9 Å². The first-order chi connectivity index (χ1) is 8.21. The van der Waals surface area contributed by atoms with E-state index in [4.69, 9.17) is 0 Å². The van der Waals surface area contributed by atoms with Gasteiger partial charge in [0.15, 0.2) is 0 Å². The lowest BCUT2D eigenvalue weighted by Crippen LogP contribution is -2.47. The van der Waals surface area contributed by atoms with Crippen LogP contribution >= 0.6 is 15.9 Å². The lowest BCUT2D eigenvalue weighted by molar-refractivity contribution is -0.148. The van der Waals surface area contributed by atoms with Crippen molar-refractivity contribution in [1.29, 1.82) is 0 Å². The highest BCUT2D eigenvalue weighted by atomic mass is 79.9. The van der Waals surface area contributed by atoms with Crippen LogP contribution < -0.4 is 0 Å². The number of hydrogen-bond donors (Lipinski definition) is 1. The fourth-order valence-electron chi connectivity index (χ4n) is 1.61. The molecule has 0 atom stereocenters. The van der Waals surface area contributed by atoms with Gasteiger partial charge in [-0.1, -0.05) is 0 Å². The van der Waals surface area contributed by atoms with Crippen LogP contribution in [0.2, 0.25) is 0 Å². The van der Waals surface area contributed by atoms with Gasteiger partial charge in [0.25, 0.3) is 0 Å². The fraction of sp³-hybridized carbons (Fsp3) is 0.667. The minimum atomic E-state index is -0.907.